The Bertz CT molecular complexity index is 877. The van der Waals surface area contributed by atoms with Crippen molar-refractivity contribution in [3.8, 4) is 23.6 Å². The summed E-state index contributed by atoms with van der Waals surface area (Å²) in [4.78, 5) is 20.7. The second-order valence-corrected chi connectivity index (χ2v) is 4.88. The molecule has 0 spiro atoms. The molecule has 1 N–H and O–H groups in total. The first-order valence-corrected chi connectivity index (χ1v) is 6.89. The van der Waals surface area contributed by atoms with Gasteiger partial charge < -0.3 is 5.32 Å². The second-order valence-electron chi connectivity index (χ2n) is 4.50. The van der Waals surface area contributed by atoms with Crippen LogP contribution < -0.4 is 5.32 Å². The van der Waals surface area contributed by atoms with E-state index in [0.29, 0.717) is 10.8 Å². The molecule has 0 unspecified atom stereocenters. The molecule has 0 saturated carbocycles. The fourth-order valence-electron chi connectivity index (χ4n) is 2.14. The molecule has 0 saturated heterocycles. The summed E-state index contributed by atoms with van der Waals surface area (Å²) >= 11 is 5.81. The lowest BCUT2D eigenvalue weighted by atomic mass is 10.2. The number of carbonyl (C=O) groups excluding carboxylic acids is 1. The SMILES string of the molecule is C#CCNC(=O)c1nc(-c2ccc(Cl)nc2)c2ccccn12. The van der Waals surface area contributed by atoms with E-state index in [9.17, 15) is 4.79 Å². The van der Waals surface area contributed by atoms with Crippen LogP contribution in [0.25, 0.3) is 16.8 Å². The Morgan fingerprint density at radius 1 is 1.36 bits per heavy atom. The molecule has 3 heterocycles. The summed E-state index contributed by atoms with van der Waals surface area (Å²) < 4.78 is 1.72. The zero-order valence-corrected chi connectivity index (χ0v) is 12.2. The van der Waals surface area contributed by atoms with Crippen molar-refractivity contribution in [1.82, 2.24) is 19.7 Å². The van der Waals surface area contributed by atoms with Crippen LogP contribution in [0, 0.1) is 12.3 Å². The number of hydrogen-bond donors (Lipinski definition) is 1. The van der Waals surface area contributed by atoms with E-state index in [4.69, 9.17) is 18.0 Å². The van der Waals surface area contributed by atoms with Crippen molar-refractivity contribution in [1.29, 1.82) is 0 Å². The molecule has 108 valence electrons. The molecular formula is C16H11ClN4O. The first-order chi connectivity index (χ1) is 10.7. The maximum Gasteiger partial charge on any atom is 0.288 e. The average molecular weight is 311 g/mol. The van der Waals surface area contributed by atoms with Gasteiger partial charge in [-0.2, -0.15) is 0 Å². The number of carbonyl (C=O) groups is 1. The van der Waals surface area contributed by atoms with Gasteiger partial charge in [-0.1, -0.05) is 23.6 Å². The second kappa shape index (κ2) is 5.88. The van der Waals surface area contributed by atoms with Crippen molar-refractivity contribution in [3.05, 3.63) is 53.7 Å². The van der Waals surface area contributed by atoms with Crippen LogP contribution in [0.1, 0.15) is 10.6 Å². The summed E-state index contributed by atoms with van der Waals surface area (Å²) in [6.07, 6.45) is 8.57. The molecule has 0 aromatic carbocycles. The topological polar surface area (TPSA) is 59.3 Å². The molecule has 0 aliphatic heterocycles. The summed E-state index contributed by atoms with van der Waals surface area (Å²) in [5.41, 5.74) is 2.25. The van der Waals surface area contributed by atoms with E-state index in [0.717, 1.165) is 11.1 Å². The van der Waals surface area contributed by atoms with E-state index in [-0.39, 0.29) is 18.3 Å². The van der Waals surface area contributed by atoms with Crippen LogP contribution in [0.2, 0.25) is 5.15 Å². The van der Waals surface area contributed by atoms with Gasteiger partial charge in [-0.3, -0.25) is 9.20 Å². The van der Waals surface area contributed by atoms with E-state index in [1.165, 1.54) is 0 Å². The van der Waals surface area contributed by atoms with Crippen molar-refractivity contribution in [3.63, 3.8) is 0 Å². The summed E-state index contributed by atoms with van der Waals surface area (Å²) in [5.74, 6) is 2.31. The van der Waals surface area contributed by atoms with Gasteiger partial charge in [0.15, 0.2) is 0 Å². The lowest BCUT2D eigenvalue weighted by Gasteiger charge is -2.00. The van der Waals surface area contributed by atoms with Gasteiger partial charge in [0, 0.05) is 18.0 Å². The number of rotatable bonds is 3. The van der Waals surface area contributed by atoms with Gasteiger partial charge in [0.2, 0.25) is 5.82 Å². The summed E-state index contributed by atoms with van der Waals surface area (Å²) in [6.45, 7) is 0.151. The number of amides is 1. The number of hydrogen-bond acceptors (Lipinski definition) is 3. The molecule has 5 nitrogen and oxygen atoms in total. The van der Waals surface area contributed by atoms with Gasteiger partial charge in [0.25, 0.3) is 5.91 Å². The van der Waals surface area contributed by atoms with E-state index in [2.05, 4.69) is 21.2 Å². The van der Waals surface area contributed by atoms with Gasteiger partial charge >= 0.3 is 0 Å². The van der Waals surface area contributed by atoms with Gasteiger partial charge in [-0.05, 0) is 24.3 Å². The Kier molecular flexibility index (Phi) is 3.77. The number of terminal acetylenes is 1. The fraction of sp³-hybridized carbons (Fsp3) is 0.0625. The molecule has 0 radical (unpaired) electrons. The van der Waals surface area contributed by atoms with Crippen LogP contribution in [0.3, 0.4) is 0 Å². The van der Waals surface area contributed by atoms with E-state index >= 15 is 0 Å². The molecule has 0 aliphatic carbocycles. The van der Waals surface area contributed by atoms with E-state index in [1.807, 2.05) is 24.3 Å². The number of nitrogens with zero attached hydrogens (tertiary/aromatic N) is 3. The summed E-state index contributed by atoms with van der Waals surface area (Å²) in [6, 6.07) is 9.09. The minimum absolute atomic E-state index is 0.151. The predicted octanol–water partition coefficient (Wildman–Crippen LogP) is 2.41. The lowest BCUT2D eigenvalue weighted by Crippen LogP contribution is -2.25. The number of fused-ring (bicyclic) bond motifs is 1. The third kappa shape index (κ3) is 2.52. The Balaban J connectivity index is 2.14. The Hall–Kier alpha value is -2.84. The summed E-state index contributed by atoms with van der Waals surface area (Å²) in [5, 5.41) is 3.02. The zero-order valence-electron chi connectivity index (χ0n) is 11.5. The van der Waals surface area contributed by atoms with Crippen LogP contribution in [0.4, 0.5) is 0 Å². The minimum Gasteiger partial charge on any atom is -0.338 e. The maximum absolute atomic E-state index is 12.2. The van der Waals surface area contributed by atoms with Crippen LogP contribution in [-0.4, -0.2) is 26.8 Å². The number of pyridine rings is 2. The highest BCUT2D eigenvalue weighted by molar-refractivity contribution is 6.29. The predicted molar refractivity (Wildman–Crippen MR) is 84.6 cm³/mol. The number of halogens is 1. The smallest absolute Gasteiger partial charge is 0.288 e. The van der Waals surface area contributed by atoms with Crippen molar-refractivity contribution < 1.29 is 4.79 Å². The van der Waals surface area contributed by atoms with Gasteiger partial charge in [-0.25, -0.2) is 9.97 Å². The zero-order chi connectivity index (χ0) is 15.5. The molecular weight excluding hydrogens is 300 g/mol. The molecule has 0 aliphatic rings. The standard InChI is InChI=1S/C16H11ClN4O/c1-2-8-18-16(22)15-20-14(11-6-7-13(17)19-10-11)12-5-3-4-9-21(12)15/h1,3-7,9-10H,8H2,(H,18,22). The molecule has 3 rings (SSSR count). The molecule has 1 amide bonds. The molecule has 0 fully saturated rings. The molecule has 0 atom stereocenters. The summed E-state index contributed by atoms with van der Waals surface area (Å²) in [7, 11) is 0. The highest BCUT2D eigenvalue weighted by Crippen LogP contribution is 2.25. The van der Waals surface area contributed by atoms with Crippen molar-refractivity contribution >= 4 is 23.0 Å². The van der Waals surface area contributed by atoms with Crippen LogP contribution in [0.15, 0.2) is 42.7 Å². The Labute approximate surface area is 132 Å². The third-order valence-electron chi connectivity index (χ3n) is 3.10. The highest BCUT2D eigenvalue weighted by Gasteiger charge is 2.17. The van der Waals surface area contributed by atoms with Crippen molar-refractivity contribution in [2.75, 3.05) is 6.54 Å². The largest absolute Gasteiger partial charge is 0.338 e. The minimum atomic E-state index is -0.327. The number of nitrogens with one attached hydrogen (secondary N) is 1. The monoisotopic (exact) mass is 310 g/mol. The van der Waals surface area contributed by atoms with E-state index in [1.54, 1.807) is 22.9 Å². The van der Waals surface area contributed by atoms with Crippen LogP contribution in [-0.2, 0) is 0 Å². The number of aromatic nitrogens is 3. The van der Waals surface area contributed by atoms with Crippen LogP contribution in [0.5, 0.6) is 0 Å². The Morgan fingerprint density at radius 2 is 2.23 bits per heavy atom. The van der Waals surface area contributed by atoms with Gasteiger partial charge in [0.1, 0.15) is 5.15 Å². The van der Waals surface area contributed by atoms with Crippen molar-refractivity contribution in [2.24, 2.45) is 0 Å². The van der Waals surface area contributed by atoms with Crippen molar-refractivity contribution in [2.45, 2.75) is 0 Å². The molecule has 6 heteroatoms. The molecule has 3 aromatic heterocycles. The average Bonchev–Trinajstić information content (AvgIpc) is 2.93. The van der Waals surface area contributed by atoms with Crippen LogP contribution >= 0.6 is 11.6 Å². The normalized spacial score (nSPS) is 10.4. The first kappa shape index (κ1) is 14.1. The molecule has 3 aromatic rings. The van der Waals surface area contributed by atoms with E-state index < -0.39 is 0 Å². The number of imidazole rings is 1. The molecule has 0 bridgehead atoms. The lowest BCUT2D eigenvalue weighted by molar-refractivity contribution is 0.0948. The fourth-order valence-corrected chi connectivity index (χ4v) is 2.25. The third-order valence-corrected chi connectivity index (χ3v) is 3.33. The molecule has 22 heavy (non-hydrogen) atoms. The van der Waals surface area contributed by atoms with Gasteiger partial charge in [0.05, 0.1) is 17.8 Å². The first-order valence-electron chi connectivity index (χ1n) is 6.51. The maximum atomic E-state index is 12.2. The van der Waals surface area contributed by atoms with Gasteiger partial charge in [-0.15, -0.1) is 6.42 Å². The highest BCUT2D eigenvalue weighted by atomic mass is 35.5. The Morgan fingerprint density at radius 3 is 2.95 bits per heavy atom. The quantitative estimate of drug-likeness (QED) is 0.597.